The van der Waals surface area contributed by atoms with Crippen molar-refractivity contribution in [3.8, 4) is 5.75 Å². The van der Waals surface area contributed by atoms with Gasteiger partial charge in [0, 0.05) is 6.07 Å². The summed E-state index contributed by atoms with van der Waals surface area (Å²) in [7, 11) is 0. The molecule has 0 aromatic heterocycles. The van der Waals surface area contributed by atoms with E-state index >= 15 is 0 Å². The van der Waals surface area contributed by atoms with E-state index in [1.54, 1.807) is 0 Å². The highest BCUT2D eigenvalue weighted by Gasteiger charge is 2.54. The topological polar surface area (TPSA) is 46.5 Å². The Bertz CT molecular complexity index is 676. The summed E-state index contributed by atoms with van der Waals surface area (Å²) in [4.78, 5) is 11.2. The average molecular weight is 332 g/mol. The predicted octanol–water partition coefficient (Wildman–Crippen LogP) is 4.85. The van der Waals surface area contributed by atoms with Gasteiger partial charge in [-0.25, -0.2) is 9.18 Å². The second-order valence-electron chi connectivity index (χ2n) is 8.46. The summed E-state index contributed by atoms with van der Waals surface area (Å²) in [5.74, 6) is 1.05. The van der Waals surface area contributed by atoms with Gasteiger partial charge >= 0.3 is 5.97 Å². The molecule has 1 N–H and O–H groups in total. The number of carboxylic acids is 1. The molecule has 4 aliphatic rings. The molecule has 0 radical (unpaired) electrons. The summed E-state index contributed by atoms with van der Waals surface area (Å²) in [5.41, 5.74) is 1.03. The third kappa shape index (κ3) is 2.51. The minimum Gasteiger partial charge on any atom is -0.493 e. The lowest BCUT2D eigenvalue weighted by Gasteiger charge is -2.60. The maximum atomic E-state index is 14.1. The van der Waals surface area contributed by atoms with E-state index in [2.05, 4.69) is 13.8 Å². The molecule has 4 heteroatoms. The van der Waals surface area contributed by atoms with Crippen molar-refractivity contribution in [3.05, 3.63) is 29.1 Å². The van der Waals surface area contributed by atoms with Crippen LogP contribution in [0.1, 0.15) is 67.8 Å². The zero-order valence-electron chi connectivity index (χ0n) is 14.3. The molecule has 0 heterocycles. The van der Waals surface area contributed by atoms with E-state index in [4.69, 9.17) is 9.84 Å². The first-order valence-corrected chi connectivity index (χ1v) is 9.07. The summed E-state index contributed by atoms with van der Waals surface area (Å²) in [6.07, 6.45) is 5.80. The van der Waals surface area contributed by atoms with Gasteiger partial charge in [-0.3, -0.25) is 0 Å². The Morgan fingerprint density at radius 3 is 2.62 bits per heavy atom. The first-order valence-electron chi connectivity index (χ1n) is 9.07. The highest BCUT2D eigenvalue weighted by molar-refractivity contribution is 5.88. The van der Waals surface area contributed by atoms with Gasteiger partial charge in [-0.15, -0.1) is 0 Å². The molecule has 3 nitrogen and oxygen atoms in total. The summed E-state index contributed by atoms with van der Waals surface area (Å²) in [6.45, 7) is 5.33. The van der Waals surface area contributed by atoms with E-state index in [1.165, 1.54) is 31.4 Å². The summed E-state index contributed by atoms with van der Waals surface area (Å²) in [5, 5.41) is 9.13. The van der Waals surface area contributed by atoms with Gasteiger partial charge in [0.15, 0.2) is 0 Å². The lowest BCUT2D eigenvalue weighted by Crippen LogP contribution is -2.53. The molecule has 2 bridgehead atoms. The van der Waals surface area contributed by atoms with Crippen LogP contribution in [0.3, 0.4) is 0 Å². The lowest BCUT2D eigenvalue weighted by atomic mass is 9.46. The van der Waals surface area contributed by atoms with Crippen LogP contribution >= 0.6 is 0 Å². The molecule has 4 fully saturated rings. The molecule has 0 amide bonds. The number of hydrogen-bond donors (Lipinski definition) is 1. The summed E-state index contributed by atoms with van der Waals surface area (Å²) in [6, 6.07) is 2.77. The van der Waals surface area contributed by atoms with E-state index in [9.17, 15) is 9.18 Å². The predicted molar refractivity (Wildman–Crippen MR) is 88.9 cm³/mol. The van der Waals surface area contributed by atoms with E-state index in [1.807, 2.05) is 0 Å². The number of benzene rings is 1. The fourth-order valence-corrected chi connectivity index (χ4v) is 4.93. The zero-order valence-corrected chi connectivity index (χ0v) is 14.3. The normalized spacial score (nSPS) is 30.5. The third-order valence-electron chi connectivity index (χ3n) is 6.80. The number of halogens is 1. The van der Waals surface area contributed by atoms with Crippen molar-refractivity contribution in [1.82, 2.24) is 0 Å². The molecule has 1 aromatic carbocycles. The zero-order chi connectivity index (χ0) is 17.1. The van der Waals surface area contributed by atoms with E-state index in [0.717, 1.165) is 24.3 Å². The van der Waals surface area contributed by atoms with Crippen LogP contribution in [0.15, 0.2) is 12.1 Å². The van der Waals surface area contributed by atoms with Crippen molar-refractivity contribution in [1.29, 1.82) is 0 Å². The number of hydrogen-bond acceptors (Lipinski definition) is 2. The van der Waals surface area contributed by atoms with Crippen molar-refractivity contribution in [2.75, 3.05) is 6.61 Å². The molecule has 0 aliphatic heterocycles. The number of ether oxygens (including phenoxy) is 1. The Hall–Kier alpha value is -1.58. The highest BCUT2D eigenvalue weighted by Crippen LogP contribution is 2.61. The van der Waals surface area contributed by atoms with Gasteiger partial charge in [-0.05, 0) is 72.8 Å². The van der Waals surface area contributed by atoms with Crippen LogP contribution in [0, 0.1) is 29.0 Å². The Balaban J connectivity index is 1.52. The van der Waals surface area contributed by atoms with Crippen LogP contribution in [0.4, 0.5) is 4.39 Å². The van der Waals surface area contributed by atoms with Crippen molar-refractivity contribution in [2.24, 2.45) is 23.2 Å². The van der Waals surface area contributed by atoms with E-state index < -0.39 is 11.8 Å². The van der Waals surface area contributed by atoms with Gasteiger partial charge in [-0.1, -0.05) is 13.8 Å². The first-order chi connectivity index (χ1) is 11.4. The molecule has 5 rings (SSSR count). The highest BCUT2D eigenvalue weighted by atomic mass is 19.1. The van der Waals surface area contributed by atoms with Gasteiger partial charge in [0.1, 0.15) is 11.6 Å². The van der Waals surface area contributed by atoms with Crippen LogP contribution in [-0.4, -0.2) is 17.7 Å². The number of fused-ring (bicyclic) bond motifs is 2. The molecular formula is C20H25FO3. The maximum Gasteiger partial charge on any atom is 0.338 e. The molecule has 0 saturated heterocycles. The van der Waals surface area contributed by atoms with Gasteiger partial charge in [0.2, 0.25) is 0 Å². The molecular weight excluding hydrogens is 307 g/mol. The molecule has 3 atom stereocenters. The lowest BCUT2D eigenvalue weighted by molar-refractivity contribution is -0.114. The van der Waals surface area contributed by atoms with Gasteiger partial charge < -0.3 is 9.84 Å². The molecule has 0 unspecified atom stereocenters. The minimum atomic E-state index is -1.21. The number of rotatable bonds is 5. The van der Waals surface area contributed by atoms with Gasteiger partial charge in [0.25, 0.3) is 0 Å². The SMILES string of the molecule is CC1(C)[C@H]2CC[C@H](COc3cc(F)c(C(=O)O)cc3C3CC3)[C@@H]1C2. The molecule has 1 aromatic rings. The van der Waals surface area contributed by atoms with Gasteiger partial charge in [-0.2, -0.15) is 0 Å². The van der Waals surface area contributed by atoms with Crippen molar-refractivity contribution in [3.63, 3.8) is 0 Å². The molecule has 24 heavy (non-hydrogen) atoms. The molecule has 130 valence electrons. The Labute approximate surface area is 142 Å². The van der Waals surface area contributed by atoms with E-state index in [-0.39, 0.29) is 5.56 Å². The van der Waals surface area contributed by atoms with Crippen molar-refractivity contribution >= 4 is 5.97 Å². The van der Waals surface area contributed by atoms with Crippen molar-refractivity contribution in [2.45, 2.75) is 51.9 Å². The second kappa shape index (κ2) is 5.47. The first kappa shape index (κ1) is 15.9. The Morgan fingerprint density at radius 2 is 2.04 bits per heavy atom. The maximum absolute atomic E-state index is 14.1. The van der Waals surface area contributed by atoms with Crippen molar-refractivity contribution < 1.29 is 19.0 Å². The molecule has 4 aliphatic carbocycles. The fraction of sp³-hybridized carbons (Fsp3) is 0.650. The monoisotopic (exact) mass is 332 g/mol. The Morgan fingerprint density at radius 1 is 1.29 bits per heavy atom. The van der Waals surface area contributed by atoms with Crippen LogP contribution in [0.25, 0.3) is 0 Å². The van der Waals surface area contributed by atoms with Crippen LogP contribution in [0.2, 0.25) is 0 Å². The quantitative estimate of drug-likeness (QED) is 0.838. The largest absolute Gasteiger partial charge is 0.493 e. The van der Waals surface area contributed by atoms with E-state index in [0.29, 0.717) is 35.5 Å². The van der Waals surface area contributed by atoms with Crippen LogP contribution in [-0.2, 0) is 0 Å². The van der Waals surface area contributed by atoms with Gasteiger partial charge in [0.05, 0.1) is 12.2 Å². The number of carbonyl (C=O) groups is 1. The average Bonchev–Trinajstić information content (AvgIpc) is 3.37. The molecule has 0 spiro atoms. The smallest absolute Gasteiger partial charge is 0.338 e. The third-order valence-corrected chi connectivity index (χ3v) is 6.80. The standard InChI is InChI=1S/C20H25FO3/c1-20(2)13-6-5-12(16(20)7-13)10-24-18-9-17(21)15(19(22)23)8-14(18)11-3-4-11/h8-9,11-13,16H,3-7,10H2,1-2H3,(H,22,23)/t12-,13+,16+/m1/s1. The Kier molecular flexibility index (Phi) is 3.63. The number of carboxylic acid groups (broad SMARTS) is 1. The summed E-state index contributed by atoms with van der Waals surface area (Å²) >= 11 is 0. The van der Waals surface area contributed by atoms with Crippen LogP contribution in [0.5, 0.6) is 5.75 Å². The summed E-state index contributed by atoms with van der Waals surface area (Å²) < 4.78 is 20.1. The second-order valence-corrected chi connectivity index (χ2v) is 8.46. The fourth-order valence-electron chi connectivity index (χ4n) is 4.93. The molecule has 4 saturated carbocycles. The van der Waals surface area contributed by atoms with Crippen LogP contribution < -0.4 is 4.74 Å². The number of aromatic carboxylic acids is 1. The minimum absolute atomic E-state index is 0.245.